The van der Waals surface area contributed by atoms with Crippen molar-refractivity contribution in [1.29, 1.82) is 0 Å². The first-order chi connectivity index (χ1) is 16.2. The number of phenolic OH excluding ortho intramolecular Hbond substituents is 2. The summed E-state index contributed by atoms with van der Waals surface area (Å²) in [6.07, 6.45) is 1.47. The summed E-state index contributed by atoms with van der Waals surface area (Å²) in [6.45, 7) is 3.46. The van der Waals surface area contributed by atoms with Crippen LogP contribution >= 0.6 is 0 Å². The standard InChI is InChI=1S/C24H30N4O6/c1-15(17-9-11-19(29)21(13-17)33-3)25-27-23(31)7-5-6-8-24(32)28-26-16(2)18-10-12-20(30)22(14-18)34-4/h9-14,29-30H,5-8H2,1-4H3,(H,27,31)(H,28,32)/b25-15+,26-16+. The highest BCUT2D eigenvalue weighted by Crippen LogP contribution is 2.27. The molecule has 2 rings (SSSR count). The molecule has 182 valence electrons. The van der Waals surface area contributed by atoms with Gasteiger partial charge in [-0.1, -0.05) is 0 Å². The summed E-state index contributed by atoms with van der Waals surface area (Å²) in [4.78, 5) is 24.0. The summed E-state index contributed by atoms with van der Waals surface area (Å²) in [5, 5.41) is 27.4. The van der Waals surface area contributed by atoms with E-state index in [0.717, 1.165) is 0 Å². The quantitative estimate of drug-likeness (QED) is 0.226. The number of unbranched alkanes of at least 4 members (excludes halogenated alkanes) is 1. The lowest BCUT2D eigenvalue weighted by molar-refractivity contribution is -0.123. The van der Waals surface area contributed by atoms with Crippen LogP contribution in [-0.2, 0) is 9.59 Å². The zero-order chi connectivity index (χ0) is 25.1. The van der Waals surface area contributed by atoms with Gasteiger partial charge in [-0.3, -0.25) is 9.59 Å². The monoisotopic (exact) mass is 470 g/mol. The maximum Gasteiger partial charge on any atom is 0.240 e. The third-order valence-electron chi connectivity index (χ3n) is 4.95. The molecule has 0 aromatic heterocycles. The van der Waals surface area contributed by atoms with E-state index in [2.05, 4.69) is 21.1 Å². The van der Waals surface area contributed by atoms with Crippen LogP contribution in [0.25, 0.3) is 0 Å². The van der Waals surface area contributed by atoms with Crippen molar-refractivity contribution < 1.29 is 29.3 Å². The second kappa shape index (κ2) is 12.8. The second-order valence-corrected chi connectivity index (χ2v) is 7.44. The summed E-state index contributed by atoms with van der Waals surface area (Å²) >= 11 is 0. The van der Waals surface area contributed by atoms with E-state index in [1.165, 1.54) is 26.4 Å². The smallest absolute Gasteiger partial charge is 0.240 e. The summed E-state index contributed by atoms with van der Waals surface area (Å²) in [5.41, 5.74) is 7.50. The Morgan fingerprint density at radius 1 is 0.765 bits per heavy atom. The normalized spacial score (nSPS) is 11.6. The number of nitrogens with one attached hydrogen (secondary N) is 2. The van der Waals surface area contributed by atoms with Gasteiger partial charge in [-0.2, -0.15) is 10.2 Å². The summed E-state index contributed by atoms with van der Waals surface area (Å²) in [6, 6.07) is 9.58. The molecule has 0 radical (unpaired) electrons. The van der Waals surface area contributed by atoms with Crippen molar-refractivity contribution in [3.05, 3.63) is 47.5 Å². The Balaban J connectivity index is 1.73. The molecule has 2 amide bonds. The lowest BCUT2D eigenvalue weighted by Gasteiger charge is -2.07. The number of hydrogen-bond acceptors (Lipinski definition) is 8. The highest BCUT2D eigenvalue weighted by molar-refractivity contribution is 6.00. The van der Waals surface area contributed by atoms with Gasteiger partial charge in [0.05, 0.1) is 25.6 Å². The molecule has 10 heteroatoms. The van der Waals surface area contributed by atoms with Crippen molar-refractivity contribution in [1.82, 2.24) is 10.9 Å². The number of aromatic hydroxyl groups is 2. The number of methoxy groups -OCH3 is 2. The Bertz CT molecular complexity index is 996. The number of phenols is 2. The van der Waals surface area contributed by atoms with Crippen molar-refractivity contribution in [2.24, 2.45) is 10.2 Å². The Kier molecular flexibility index (Phi) is 9.88. The molecule has 0 fully saturated rings. The van der Waals surface area contributed by atoms with E-state index in [4.69, 9.17) is 9.47 Å². The molecule has 2 aromatic carbocycles. The van der Waals surface area contributed by atoms with Gasteiger partial charge in [-0.05, 0) is 63.1 Å². The predicted molar refractivity (Wildman–Crippen MR) is 128 cm³/mol. The van der Waals surface area contributed by atoms with Crippen LogP contribution in [0.4, 0.5) is 0 Å². The molecule has 0 spiro atoms. The fraction of sp³-hybridized carbons (Fsp3) is 0.333. The van der Waals surface area contributed by atoms with Gasteiger partial charge in [-0.25, -0.2) is 10.9 Å². The van der Waals surface area contributed by atoms with Gasteiger partial charge in [0.25, 0.3) is 0 Å². The number of hydrogen-bond donors (Lipinski definition) is 4. The summed E-state index contributed by atoms with van der Waals surface area (Å²) < 4.78 is 10.1. The molecule has 0 atom stereocenters. The van der Waals surface area contributed by atoms with Gasteiger partial charge in [0, 0.05) is 24.0 Å². The summed E-state index contributed by atoms with van der Waals surface area (Å²) in [7, 11) is 2.90. The van der Waals surface area contributed by atoms with Gasteiger partial charge < -0.3 is 19.7 Å². The van der Waals surface area contributed by atoms with Crippen LogP contribution in [0.3, 0.4) is 0 Å². The van der Waals surface area contributed by atoms with E-state index >= 15 is 0 Å². The van der Waals surface area contributed by atoms with Gasteiger partial charge >= 0.3 is 0 Å². The van der Waals surface area contributed by atoms with E-state index in [9.17, 15) is 19.8 Å². The van der Waals surface area contributed by atoms with Gasteiger partial charge in [0.15, 0.2) is 23.0 Å². The fourth-order valence-electron chi connectivity index (χ4n) is 2.91. The lowest BCUT2D eigenvalue weighted by atomic mass is 10.1. The zero-order valence-corrected chi connectivity index (χ0v) is 19.7. The molecule has 4 N–H and O–H groups in total. The molecule has 0 aliphatic rings. The molecule has 0 heterocycles. The minimum absolute atomic E-state index is 0.0218. The van der Waals surface area contributed by atoms with Crippen LogP contribution in [0, 0.1) is 0 Å². The highest BCUT2D eigenvalue weighted by Gasteiger charge is 2.08. The fourth-order valence-corrected chi connectivity index (χ4v) is 2.91. The van der Waals surface area contributed by atoms with Crippen molar-refractivity contribution in [2.45, 2.75) is 39.5 Å². The molecular formula is C24H30N4O6. The van der Waals surface area contributed by atoms with E-state index in [-0.39, 0.29) is 36.2 Å². The van der Waals surface area contributed by atoms with E-state index in [1.54, 1.807) is 38.1 Å². The highest BCUT2D eigenvalue weighted by atomic mass is 16.5. The second-order valence-electron chi connectivity index (χ2n) is 7.44. The van der Waals surface area contributed by atoms with Gasteiger partial charge in [-0.15, -0.1) is 0 Å². The predicted octanol–water partition coefficient (Wildman–Crippen LogP) is 3.06. The maximum absolute atomic E-state index is 12.0. The van der Waals surface area contributed by atoms with Gasteiger partial charge in [0.2, 0.25) is 11.8 Å². The minimum Gasteiger partial charge on any atom is -0.504 e. The van der Waals surface area contributed by atoms with Gasteiger partial charge in [0.1, 0.15) is 0 Å². The molecule has 34 heavy (non-hydrogen) atoms. The van der Waals surface area contributed by atoms with Crippen molar-refractivity contribution in [3.63, 3.8) is 0 Å². The largest absolute Gasteiger partial charge is 0.504 e. The number of rotatable bonds is 11. The van der Waals surface area contributed by atoms with Crippen molar-refractivity contribution >= 4 is 23.2 Å². The van der Waals surface area contributed by atoms with E-state index < -0.39 is 0 Å². The first-order valence-corrected chi connectivity index (χ1v) is 10.7. The van der Waals surface area contributed by atoms with Crippen LogP contribution in [0.15, 0.2) is 46.6 Å². The Morgan fingerprint density at radius 3 is 1.50 bits per heavy atom. The number of nitrogens with zero attached hydrogens (tertiary/aromatic N) is 2. The van der Waals surface area contributed by atoms with E-state index in [0.29, 0.717) is 46.9 Å². The molecule has 0 saturated carbocycles. The first-order valence-electron chi connectivity index (χ1n) is 10.7. The summed E-state index contributed by atoms with van der Waals surface area (Å²) in [5.74, 6) is 0.154. The van der Waals surface area contributed by atoms with Crippen molar-refractivity contribution in [3.8, 4) is 23.0 Å². The number of carbonyl (C=O) groups excluding carboxylic acids is 2. The average Bonchev–Trinajstić information content (AvgIpc) is 2.84. The van der Waals surface area contributed by atoms with Crippen LogP contribution in [0.1, 0.15) is 50.7 Å². The molecule has 0 saturated heterocycles. The van der Waals surface area contributed by atoms with E-state index in [1.807, 2.05) is 0 Å². The molecule has 0 bridgehead atoms. The third-order valence-corrected chi connectivity index (χ3v) is 4.95. The van der Waals surface area contributed by atoms with Crippen LogP contribution in [0.5, 0.6) is 23.0 Å². The topological polar surface area (TPSA) is 142 Å². The van der Waals surface area contributed by atoms with Crippen LogP contribution in [0.2, 0.25) is 0 Å². The molecule has 0 aliphatic carbocycles. The number of hydrazone groups is 2. The zero-order valence-electron chi connectivity index (χ0n) is 19.7. The molecule has 2 aromatic rings. The SMILES string of the molecule is COc1cc(/C(C)=N/NC(=O)CCCCC(=O)N/N=C(\C)c2ccc(O)c(OC)c2)ccc1O. The molecule has 0 aliphatic heterocycles. The maximum atomic E-state index is 12.0. The Hall–Kier alpha value is -4.08. The number of ether oxygens (including phenoxy) is 2. The number of carbonyl (C=O) groups is 2. The molecular weight excluding hydrogens is 440 g/mol. The lowest BCUT2D eigenvalue weighted by Crippen LogP contribution is -2.20. The Labute approximate surface area is 198 Å². The third kappa shape index (κ3) is 7.80. The minimum atomic E-state index is -0.263. The number of amides is 2. The van der Waals surface area contributed by atoms with Crippen LogP contribution < -0.4 is 20.3 Å². The Morgan fingerprint density at radius 2 is 1.15 bits per heavy atom. The number of benzene rings is 2. The van der Waals surface area contributed by atoms with Crippen molar-refractivity contribution in [2.75, 3.05) is 14.2 Å². The average molecular weight is 471 g/mol. The molecule has 0 unspecified atom stereocenters. The van der Waals surface area contributed by atoms with Crippen LogP contribution in [-0.4, -0.2) is 47.7 Å². The molecule has 10 nitrogen and oxygen atoms in total. The first kappa shape index (κ1) is 26.2.